The van der Waals surface area contributed by atoms with Gasteiger partial charge in [-0.3, -0.25) is 0 Å². The number of benzene rings is 2. The van der Waals surface area contributed by atoms with E-state index in [1.54, 1.807) is 0 Å². The molecule has 1 heteroatoms. The van der Waals surface area contributed by atoms with Crippen molar-refractivity contribution in [2.45, 2.75) is 18.9 Å². The van der Waals surface area contributed by atoms with Crippen LogP contribution in [0.3, 0.4) is 0 Å². The fourth-order valence-electron chi connectivity index (χ4n) is 2.59. The van der Waals surface area contributed by atoms with Crippen molar-refractivity contribution in [1.82, 2.24) is 0 Å². The van der Waals surface area contributed by atoms with Crippen LogP contribution >= 0.6 is 0 Å². The third-order valence-electron chi connectivity index (χ3n) is 3.45. The smallest absolute Gasteiger partial charge is 0.146 e. The number of rotatable bonds is 4. The van der Waals surface area contributed by atoms with E-state index in [1.807, 2.05) is 0 Å². The van der Waals surface area contributed by atoms with E-state index in [0.29, 0.717) is 5.92 Å². The molecule has 3 rings (SSSR count). The molecule has 90 valence electrons. The summed E-state index contributed by atoms with van der Waals surface area (Å²) in [6, 6.07) is 21.2. The first kappa shape index (κ1) is 11.4. The molecule has 18 heavy (non-hydrogen) atoms. The van der Waals surface area contributed by atoms with Crippen molar-refractivity contribution in [1.29, 1.82) is 0 Å². The van der Waals surface area contributed by atoms with Crippen LogP contribution in [-0.2, 0) is 4.74 Å². The molecule has 0 saturated heterocycles. The molecule has 1 nitrogen and oxygen atoms in total. The Morgan fingerprint density at radius 3 is 2.17 bits per heavy atom. The van der Waals surface area contributed by atoms with E-state index >= 15 is 0 Å². The Kier molecular flexibility index (Phi) is 3.07. The highest BCUT2D eigenvalue weighted by atomic mass is 16.5. The van der Waals surface area contributed by atoms with E-state index in [4.69, 9.17) is 4.74 Å². The Labute approximate surface area is 108 Å². The molecule has 0 radical (unpaired) electrons. The molecule has 0 spiro atoms. The summed E-state index contributed by atoms with van der Waals surface area (Å²) < 4.78 is 5.85. The summed E-state index contributed by atoms with van der Waals surface area (Å²) in [7, 11) is 0. The summed E-state index contributed by atoms with van der Waals surface area (Å²) in [5.41, 5.74) is 2.67. The molecule has 0 bridgehead atoms. The van der Waals surface area contributed by atoms with Gasteiger partial charge in [-0.05, 0) is 30.7 Å². The molecule has 2 aromatic rings. The molecule has 2 unspecified atom stereocenters. The number of hydrogen-bond acceptors (Lipinski definition) is 1. The second kappa shape index (κ2) is 4.87. The predicted molar refractivity (Wildman–Crippen MR) is 73.4 cm³/mol. The molecule has 0 amide bonds. The average Bonchev–Trinajstić information content (AvgIpc) is 3.15. The lowest BCUT2D eigenvalue weighted by atomic mass is 10.0. The SMILES string of the molecule is CCOC1[C+](c2ccccc2)C1c1ccccc1. The molecule has 0 aliphatic heterocycles. The zero-order valence-electron chi connectivity index (χ0n) is 10.5. The molecule has 0 N–H and O–H groups in total. The molecule has 2 atom stereocenters. The minimum Gasteiger partial charge on any atom is -0.359 e. The molecule has 2 aromatic carbocycles. The Morgan fingerprint density at radius 2 is 1.56 bits per heavy atom. The summed E-state index contributed by atoms with van der Waals surface area (Å²) in [5.74, 6) is 1.86. The Bertz CT molecular complexity index is 446. The summed E-state index contributed by atoms with van der Waals surface area (Å²) in [4.78, 5) is 0. The highest BCUT2D eigenvalue weighted by molar-refractivity contribution is 5.54. The highest BCUT2D eigenvalue weighted by Crippen LogP contribution is 2.55. The Hall–Kier alpha value is -1.73. The van der Waals surface area contributed by atoms with Crippen LogP contribution in [0.4, 0.5) is 0 Å². The minimum absolute atomic E-state index is 0.264. The molecule has 0 aromatic heterocycles. The second-order valence-electron chi connectivity index (χ2n) is 4.59. The van der Waals surface area contributed by atoms with Gasteiger partial charge in [0.2, 0.25) is 0 Å². The van der Waals surface area contributed by atoms with Crippen LogP contribution in [0.5, 0.6) is 0 Å². The quantitative estimate of drug-likeness (QED) is 0.735. The van der Waals surface area contributed by atoms with Crippen molar-refractivity contribution in [2.75, 3.05) is 6.61 Å². The zero-order chi connectivity index (χ0) is 12.4. The maximum absolute atomic E-state index is 5.85. The van der Waals surface area contributed by atoms with Crippen molar-refractivity contribution in [3.63, 3.8) is 0 Å². The van der Waals surface area contributed by atoms with E-state index in [1.165, 1.54) is 17.0 Å². The predicted octanol–water partition coefficient (Wildman–Crippen LogP) is 3.81. The topological polar surface area (TPSA) is 9.23 Å². The Morgan fingerprint density at radius 1 is 0.944 bits per heavy atom. The molecule has 1 aliphatic rings. The fourth-order valence-corrected chi connectivity index (χ4v) is 2.59. The third-order valence-corrected chi connectivity index (χ3v) is 3.45. The normalized spacial score (nSPS) is 21.9. The molecule has 1 aliphatic carbocycles. The summed E-state index contributed by atoms with van der Waals surface area (Å²) in [6.45, 7) is 2.83. The van der Waals surface area contributed by atoms with E-state index in [-0.39, 0.29) is 6.10 Å². The monoisotopic (exact) mass is 237 g/mol. The van der Waals surface area contributed by atoms with Crippen LogP contribution in [0.25, 0.3) is 0 Å². The van der Waals surface area contributed by atoms with Gasteiger partial charge in [-0.1, -0.05) is 30.3 Å². The van der Waals surface area contributed by atoms with Gasteiger partial charge in [0.15, 0.2) is 0 Å². The van der Waals surface area contributed by atoms with E-state index in [9.17, 15) is 0 Å². The van der Waals surface area contributed by atoms with Crippen LogP contribution in [0, 0.1) is 5.92 Å². The van der Waals surface area contributed by atoms with Gasteiger partial charge in [0.25, 0.3) is 0 Å². The highest BCUT2D eigenvalue weighted by Gasteiger charge is 2.59. The largest absolute Gasteiger partial charge is 0.359 e. The maximum atomic E-state index is 5.85. The van der Waals surface area contributed by atoms with Gasteiger partial charge in [-0.25, -0.2) is 0 Å². The van der Waals surface area contributed by atoms with Gasteiger partial charge in [-0.15, -0.1) is 0 Å². The molecule has 0 heterocycles. The lowest BCUT2D eigenvalue weighted by Gasteiger charge is -1.96. The van der Waals surface area contributed by atoms with Gasteiger partial charge in [0, 0.05) is 18.7 Å². The lowest BCUT2D eigenvalue weighted by molar-refractivity contribution is 0.132. The first-order chi connectivity index (χ1) is 8.92. The standard InChI is InChI=1S/C17H17O/c1-2-18-17-15(13-9-5-3-6-10-13)16(17)14-11-7-4-8-12-14/h3-12,15,17H,2H2,1H3/q+1. The first-order valence-corrected chi connectivity index (χ1v) is 6.50. The van der Waals surface area contributed by atoms with E-state index in [0.717, 1.165) is 6.61 Å². The zero-order valence-corrected chi connectivity index (χ0v) is 10.5. The number of ether oxygens (including phenoxy) is 1. The minimum atomic E-state index is 0.264. The van der Waals surface area contributed by atoms with Crippen molar-refractivity contribution < 1.29 is 4.74 Å². The van der Waals surface area contributed by atoms with Gasteiger partial charge in [0.05, 0.1) is 11.8 Å². The Balaban J connectivity index is 1.86. The number of hydrogen-bond donors (Lipinski definition) is 0. The van der Waals surface area contributed by atoms with Crippen LogP contribution in [0.1, 0.15) is 24.0 Å². The summed E-state index contributed by atoms with van der Waals surface area (Å²) >= 11 is 0. The van der Waals surface area contributed by atoms with Crippen molar-refractivity contribution >= 4 is 0 Å². The molecule has 1 fully saturated rings. The lowest BCUT2D eigenvalue weighted by Crippen LogP contribution is -1.97. The summed E-state index contributed by atoms with van der Waals surface area (Å²) in [5, 5.41) is 0. The van der Waals surface area contributed by atoms with Gasteiger partial charge >= 0.3 is 0 Å². The third kappa shape index (κ3) is 2.02. The molecule has 1 saturated carbocycles. The fraction of sp³-hybridized carbons (Fsp3) is 0.235. The van der Waals surface area contributed by atoms with Crippen LogP contribution < -0.4 is 0 Å². The molecular weight excluding hydrogens is 220 g/mol. The van der Waals surface area contributed by atoms with E-state index < -0.39 is 0 Å². The van der Waals surface area contributed by atoms with Gasteiger partial charge in [-0.2, -0.15) is 0 Å². The van der Waals surface area contributed by atoms with Crippen molar-refractivity contribution in [2.24, 2.45) is 0 Å². The summed E-state index contributed by atoms with van der Waals surface area (Å²) in [6.07, 6.45) is 0.264. The van der Waals surface area contributed by atoms with Gasteiger partial charge in [0.1, 0.15) is 11.7 Å². The van der Waals surface area contributed by atoms with Crippen LogP contribution in [0.15, 0.2) is 60.7 Å². The maximum Gasteiger partial charge on any atom is 0.146 e. The van der Waals surface area contributed by atoms with Crippen LogP contribution in [0.2, 0.25) is 0 Å². The van der Waals surface area contributed by atoms with Gasteiger partial charge < -0.3 is 4.74 Å². The first-order valence-electron chi connectivity index (χ1n) is 6.50. The molecular formula is C17H17O+. The average molecular weight is 237 g/mol. The van der Waals surface area contributed by atoms with E-state index in [2.05, 4.69) is 67.6 Å². The van der Waals surface area contributed by atoms with Crippen molar-refractivity contribution in [3.8, 4) is 0 Å². The van der Waals surface area contributed by atoms with Crippen molar-refractivity contribution in [3.05, 3.63) is 77.7 Å². The second-order valence-corrected chi connectivity index (χ2v) is 4.59. The van der Waals surface area contributed by atoms with Crippen LogP contribution in [-0.4, -0.2) is 12.7 Å².